The summed E-state index contributed by atoms with van der Waals surface area (Å²) < 4.78 is 9.40. The molecule has 5 heteroatoms. The predicted molar refractivity (Wildman–Crippen MR) is 51.4 cm³/mol. The molecule has 15 heavy (non-hydrogen) atoms. The number of carboxylic acid groups (broad SMARTS) is 1. The number of hydrogen-bond donors (Lipinski definition) is 1. The van der Waals surface area contributed by atoms with Gasteiger partial charge in [-0.15, -0.1) is 0 Å². The smallest absolute Gasteiger partial charge is 0.478 e. The zero-order valence-electron chi connectivity index (χ0n) is 7.47. The van der Waals surface area contributed by atoms with Crippen LogP contribution in [0.25, 0.3) is 17.2 Å². The number of hydrogen-bond acceptors (Lipinski definition) is 4. The van der Waals surface area contributed by atoms with Crippen LogP contribution in [0.15, 0.2) is 37.9 Å². The summed E-state index contributed by atoms with van der Waals surface area (Å²) in [5.74, 6) is -1.81. The van der Waals surface area contributed by atoms with Gasteiger partial charge in [0.25, 0.3) is 0 Å². The molecule has 1 aromatic heterocycles. The number of carboxylic acids is 1. The summed E-state index contributed by atoms with van der Waals surface area (Å²) >= 11 is 0. The van der Waals surface area contributed by atoms with Gasteiger partial charge in [-0.2, -0.15) is 0 Å². The molecule has 0 bridgehead atoms. The number of benzene rings is 1. The van der Waals surface area contributed by atoms with Crippen molar-refractivity contribution in [3.63, 3.8) is 0 Å². The Bertz CT molecular complexity index is 587. The van der Waals surface area contributed by atoms with Crippen LogP contribution in [0.4, 0.5) is 0 Å². The topological polar surface area (TPSA) is 80.6 Å². The minimum absolute atomic E-state index is 0.299. The molecule has 1 N–H and O–H groups in total. The molecule has 0 aliphatic rings. The van der Waals surface area contributed by atoms with Crippen molar-refractivity contribution in [2.45, 2.75) is 0 Å². The highest BCUT2D eigenvalue weighted by Gasteiger charge is 2.02. The van der Waals surface area contributed by atoms with E-state index in [2.05, 4.69) is 4.42 Å². The van der Waals surface area contributed by atoms with Crippen LogP contribution in [0.2, 0.25) is 0 Å². The second-order valence-corrected chi connectivity index (χ2v) is 2.83. The van der Waals surface area contributed by atoms with E-state index < -0.39 is 11.8 Å². The summed E-state index contributed by atoms with van der Waals surface area (Å²) in [6.07, 6.45) is 2.40. The van der Waals surface area contributed by atoms with Gasteiger partial charge in [-0.05, 0) is 23.8 Å². The lowest BCUT2D eigenvalue weighted by atomic mass is 10.2. The van der Waals surface area contributed by atoms with Gasteiger partial charge in [-0.1, -0.05) is 6.07 Å². The minimum atomic E-state index is -1.04. The van der Waals surface area contributed by atoms with Gasteiger partial charge in [-0.25, -0.2) is 9.59 Å². The molecule has 0 fully saturated rings. The maximum Gasteiger partial charge on any atom is 0.519 e. The SMILES string of the molecule is O=C(O)C=Cc1ccc2oc(=O)oc2c1. The number of rotatable bonds is 2. The Morgan fingerprint density at radius 3 is 2.73 bits per heavy atom. The minimum Gasteiger partial charge on any atom is -0.478 e. The van der Waals surface area contributed by atoms with Crippen molar-refractivity contribution in [2.75, 3.05) is 0 Å². The molecular weight excluding hydrogens is 200 g/mol. The van der Waals surface area contributed by atoms with Gasteiger partial charge in [0.15, 0.2) is 11.2 Å². The lowest BCUT2D eigenvalue weighted by Crippen LogP contribution is -1.85. The third-order valence-corrected chi connectivity index (χ3v) is 1.77. The lowest BCUT2D eigenvalue weighted by molar-refractivity contribution is -0.131. The Labute approximate surface area is 83.2 Å². The summed E-state index contributed by atoms with van der Waals surface area (Å²) in [6, 6.07) is 4.70. The van der Waals surface area contributed by atoms with Crippen LogP contribution in [-0.4, -0.2) is 11.1 Å². The first-order valence-corrected chi connectivity index (χ1v) is 4.10. The predicted octanol–water partition coefficient (Wildman–Crippen LogP) is 1.48. The van der Waals surface area contributed by atoms with E-state index in [-0.39, 0.29) is 0 Å². The molecule has 5 nitrogen and oxygen atoms in total. The fourth-order valence-electron chi connectivity index (χ4n) is 1.16. The van der Waals surface area contributed by atoms with Crippen LogP contribution in [0, 0.1) is 0 Å². The normalized spacial score (nSPS) is 11.2. The van der Waals surface area contributed by atoms with Gasteiger partial charge >= 0.3 is 11.8 Å². The molecule has 0 amide bonds. The zero-order valence-corrected chi connectivity index (χ0v) is 7.47. The number of carbonyl (C=O) groups is 1. The van der Waals surface area contributed by atoms with Crippen molar-refractivity contribution in [3.8, 4) is 0 Å². The van der Waals surface area contributed by atoms with Crippen LogP contribution in [0.1, 0.15) is 5.56 Å². The second kappa shape index (κ2) is 3.45. The number of fused-ring (bicyclic) bond motifs is 1. The molecule has 0 spiro atoms. The van der Waals surface area contributed by atoms with Crippen LogP contribution in [0.5, 0.6) is 0 Å². The Hall–Kier alpha value is -2.30. The highest BCUT2D eigenvalue weighted by atomic mass is 16.6. The van der Waals surface area contributed by atoms with E-state index >= 15 is 0 Å². The van der Waals surface area contributed by atoms with Crippen molar-refractivity contribution < 1.29 is 18.7 Å². The average molecular weight is 206 g/mol. The zero-order chi connectivity index (χ0) is 10.8. The van der Waals surface area contributed by atoms with Gasteiger partial charge < -0.3 is 13.9 Å². The van der Waals surface area contributed by atoms with E-state index in [9.17, 15) is 9.59 Å². The van der Waals surface area contributed by atoms with Gasteiger partial charge in [0.1, 0.15) is 0 Å². The molecule has 0 aliphatic carbocycles. The first-order chi connectivity index (χ1) is 7.15. The van der Waals surface area contributed by atoms with Crippen molar-refractivity contribution in [3.05, 3.63) is 40.5 Å². The summed E-state index contributed by atoms with van der Waals surface area (Å²) in [6.45, 7) is 0. The molecule has 0 saturated carbocycles. The molecule has 0 radical (unpaired) electrons. The first-order valence-electron chi connectivity index (χ1n) is 4.10. The molecule has 76 valence electrons. The Morgan fingerprint density at radius 1 is 1.27 bits per heavy atom. The van der Waals surface area contributed by atoms with Gasteiger partial charge in [0.05, 0.1) is 0 Å². The summed E-state index contributed by atoms with van der Waals surface area (Å²) in [4.78, 5) is 21.0. The molecule has 0 saturated heterocycles. The molecule has 1 aromatic carbocycles. The average Bonchev–Trinajstić information content (AvgIpc) is 2.53. The van der Waals surface area contributed by atoms with Crippen LogP contribution in [-0.2, 0) is 4.79 Å². The third-order valence-electron chi connectivity index (χ3n) is 1.77. The standard InChI is InChI=1S/C10H6O5/c11-9(12)4-2-6-1-3-7-8(5-6)15-10(13)14-7/h1-5H,(H,11,12). The fourth-order valence-corrected chi connectivity index (χ4v) is 1.16. The van der Waals surface area contributed by atoms with E-state index in [0.717, 1.165) is 6.08 Å². The lowest BCUT2D eigenvalue weighted by Gasteiger charge is -1.90. The highest BCUT2D eigenvalue weighted by Crippen LogP contribution is 2.15. The molecule has 2 aromatic rings. The van der Waals surface area contributed by atoms with E-state index in [0.29, 0.717) is 16.7 Å². The third kappa shape index (κ3) is 1.96. The van der Waals surface area contributed by atoms with E-state index in [1.807, 2.05) is 0 Å². The maximum absolute atomic E-state index is 10.7. The molecule has 0 atom stereocenters. The first kappa shape index (κ1) is 9.26. The number of aliphatic carboxylic acids is 1. The van der Waals surface area contributed by atoms with Crippen LogP contribution >= 0.6 is 0 Å². The maximum atomic E-state index is 10.7. The monoisotopic (exact) mass is 206 g/mol. The molecule has 0 aliphatic heterocycles. The van der Waals surface area contributed by atoms with Crippen molar-refractivity contribution >= 4 is 23.2 Å². The Kier molecular flexibility index (Phi) is 2.13. The van der Waals surface area contributed by atoms with E-state index in [1.54, 1.807) is 12.1 Å². The van der Waals surface area contributed by atoms with Crippen LogP contribution < -0.4 is 5.82 Å². The molecule has 1 heterocycles. The Morgan fingerprint density at radius 2 is 2.00 bits per heavy atom. The molecular formula is C10H6O5. The van der Waals surface area contributed by atoms with Gasteiger partial charge in [-0.3, -0.25) is 0 Å². The highest BCUT2D eigenvalue weighted by molar-refractivity contribution is 5.86. The van der Waals surface area contributed by atoms with Crippen molar-refractivity contribution in [1.82, 2.24) is 0 Å². The fraction of sp³-hybridized carbons (Fsp3) is 0. The quantitative estimate of drug-likeness (QED) is 0.752. The second-order valence-electron chi connectivity index (χ2n) is 2.83. The summed E-state index contributed by atoms with van der Waals surface area (Å²) in [5, 5.41) is 8.41. The van der Waals surface area contributed by atoms with E-state index in [4.69, 9.17) is 9.52 Å². The van der Waals surface area contributed by atoms with Gasteiger partial charge in [0.2, 0.25) is 0 Å². The Balaban J connectivity index is 2.46. The van der Waals surface area contributed by atoms with Crippen molar-refractivity contribution in [2.24, 2.45) is 0 Å². The summed E-state index contributed by atoms with van der Waals surface area (Å²) in [5.41, 5.74) is 1.26. The van der Waals surface area contributed by atoms with Crippen LogP contribution in [0.3, 0.4) is 0 Å². The molecule has 2 rings (SSSR count). The largest absolute Gasteiger partial charge is 0.519 e. The molecule has 0 unspecified atom stereocenters. The summed E-state index contributed by atoms with van der Waals surface area (Å²) in [7, 11) is 0. The van der Waals surface area contributed by atoms with Gasteiger partial charge in [0, 0.05) is 6.08 Å². The van der Waals surface area contributed by atoms with E-state index in [1.165, 1.54) is 12.1 Å². The van der Waals surface area contributed by atoms with Crippen molar-refractivity contribution in [1.29, 1.82) is 0 Å².